The number of Topliss-reactive ketones (excluding diaryl/α,β-unsaturated/α-hetero) is 1. The number of ether oxygens (including phenoxy) is 2. The quantitative estimate of drug-likeness (QED) is 0.768. The van der Waals surface area contributed by atoms with Crippen LogP contribution in [0.1, 0.15) is 17.3 Å². The first-order valence-electron chi connectivity index (χ1n) is 6.89. The highest BCUT2D eigenvalue weighted by Crippen LogP contribution is 2.24. The van der Waals surface area contributed by atoms with Crippen LogP contribution in [-0.2, 0) is 0 Å². The SMILES string of the molecule is CC(=O)c1ccc(OCC(O)COc2ccccc2)cc1O. The highest BCUT2D eigenvalue weighted by atomic mass is 16.5. The van der Waals surface area contributed by atoms with Crippen LogP contribution in [0.15, 0.2) is 48.5 Å². The molecule has 0 aliphatic carbocycles. The molecule has 0 saturated carbocycles. The number of phenolic OH excluding ortho intramolecular Hbond substituents is 1. The van der Waals surface area contributed by atoms with Gasteiger partial charge in [-0.05, 0) is 31.2 Å². The normalized spacial score (nSPS) is 11.7. The van der Waals surface area contributed by atoms with Crippen LogP contribution in [0.3, 0.4) is 0 Å². The monoisotopic (exact) mass is 302 g/mol. The van der Waals surface area contributed by atoms with Gasteiger partial charge in [0.2, 0.25) is 0 Å². The topological polar surface area (TPSA) is 76.0 Å². The van der Waals surface area contributed by atoms with Crippen molar-refractivity contribution in [2.45, 2.75) is 13.0 Å². The molecule has 0 amide bonds. The Kier molecular flexibility index (Phi) is 5.38. The van der Waals surface area contributed by atoms with E-state index in [1.807, 2.05) is 18.2 Å². The van der Waals surface area contributed by atoms with E-state index in [-0.39, 0.29) is 30.3 Å². The summed E-state index contributed by atoms with van der Waals surface area (Å²) >= 11 is 0. The molecule has 2 N–H and O–H groups in total. The second-order valence-electron chi connectivity index (χ2n) is 4.82. The van der Waals surface area contributed by atoms with Gasteiger partial charge in [0, 0.05) is 6.07 Å². The van der Waals surface area contributed by atoms with Gasteiger partial charge in [-0.15, -0.1) is 0 Å². The van der Waals surface area contributed by atoms with Crippen LogP contribution in [0, 0.1) is 0 Å². The predicted molar refractivity (Wildman–Crippen MR) is 81.6 cm³/mol. The zero-order valence-corrected chi connectivity index (χ0v) is 12.2. The molecule has 0 bridgehead atoms. The zero-order valence-electron chi connectivity index (χ0n) is 12.2. The van der Waals surface area contributed by atoms with E-state index in [0.29, 0.717) is 11.5 Å². The molecule has 5 nitrogen and oxygen atoms in total. The number of carbonyl (C=O) groups excluding carboxylic acids is 1. The second-order valence-corrected chi connectivity index (χ2v) is 4.82. The molecule has 5 heteroatoms. The van der Waals surface area contributed by atoms with E-state index < -0.39 is 6.10 Å². The van der Waals surface area contributed by atoms with Crippen LogP contribution in [0.4, 0.5) is 0 Å². The Bertz CT molecular complexity index is 624. The lowest BCUT2D eigenvalue weighted by atomic mass is 10.1. The molecule has 1 atom stereocenters. The molecular weight excluding hydrogens is 284 g/mol. The number of phenols is 1. The minimum Gasteiger partial charge on any atom is -0.507 e. The van der Waals surface area contributed by atoms with Gasteiger partial charge < -0.3 is 19.7 Å². The van der Waals surface area contributed by atoms with E-state index in [0.717, 1.165) is 0 Å². The average Bonchev–Trinajstić information content (AvgIpc) is 2.51. The van der Waals surface area contributed by atoms with Crippen LogP contribution in [0.2, 0.25) is 0 Å². The molecule has 0 fully saturated rings. The minimum atomic E-state index is -0.810. The van der Waals surface area contributed by atoms with Crippen LogP contribution < -0.4 is 9.47 Å². The van der Waals surface area contributed by atoms with E-state index in [1.54, 1.807) is 18.2 Å². The smallest absolute Gasteiger partial charge is 0.163 e. The second kappa shape index (κ2) is 7.47. The third-order valence-electron chi connectivity index (χ3n) is 2.98. The Morgan fingerprint density at radius 1 is 1.05 bits per heavy atom. The number of aromatic hydroxyl groups is 1. The third kappa shape index (κ3) is 4.49. The maximum atomic E-state index is 11.2. The third-order valence-corrected chi connectivity index (χ3v) is 2.98. The van der Waals surface area contributed by atoms with Crippen molar-refractivity contribution in [3.05, 3.63) is 54.1 Å². The molecular formula is C17H18O5. The summed E-state index contributed by atoms with van der Waals surface area (Å²) in [5.41, 5.74) is 0.236. The Labute approximate surface area is 128 Å². The van der Waals surface area contributed by atoms with Crippen molar-refractivity contribution in [3.63, 3.8) is 0 Å². The van der Waals surface area contributed by atoms with Gasteiger partial charge in [0.05, 0.1) is 5.56 Å². The summed E-state index contributed by atoms with van der Waals surface area (Å²) in [6.07, 6.45) is -0.810. The molecule has 2 rings (SSSR count). The maximum Gasteiger partial charge on any atom is 0.163 e. The molecule has 0 saturated heterocycles. The minimum absolute atomic E-state index is 0.0195. The first-order chi connectivity index (χ1) is 10.6. The van der Waals surface area contributed by atoms with E-state index in [2.05, 4.69) is 0 Å². The van der Waals surface area contributed by atoms with Crippen LogP contribution >= 0.6 is 0 Å². The average molecular weight is 302 g/mol. The van der Waals surface area contributed by atoms with Crippen molar-refractivity contribution in [3.8, 4) is 17.2 Å². The number of para-hydroxylation sites is 1. The summed E-state index contributed by atoms with van der Waals surface area (Å²) in [5, 5.41) is 19.5. The lowest BCUT2D eigenvalue weighted by Gasteiger charge is -2.14. The molecule has 2 aromatic rings. The maximum absolute atomic E-state index is 11.2. The molecule has 0 spiro atoms. The zero-order chi connectivity index (χ0) is 15.9. The molecule has 0 aromatic heterocycles. The molecule has 0 aliphatic rings. The Balaban J connectivity index is 1.82. The van der Waals surface area contributed by atoms with Gasteiger partial charge in [-0.1, -0.05) is 18.2 Å². The van der Waals surface area contributed by atoms with Crippen molar-refractivity contribution in [2.24, 2.45) is 0 Å². The largest absolute Gasteiger partial charge is 0.507 e. The number of benzene rings is 2. The highest BCUT2D eigenvalue weighted by molar-refractivity contribution is 5.96. The standard InChI is InChI=1S/C17H18O5/c1-12(18)16-8-7-15(9-17(16)20)22-11-13(19)10-21-14-5-3-2-4-6-14/h2-9,13,19-20H,10-11H2,1H3. The number of aliphatic hydroxyl groups excluding tert-OH is 1. The van der Waals surface area contributed by atoms with Gasteiger partial charge in [0.1, 0.15) is 36.6 Å². The first kappa shape index (κ1) is 15.9. The van der Waals surface area contributed by atoms with Crippen molar-refractivity contribution in [1.29, 1.82) is 0 Å². The predicted octanol–water partition coefficient (Wildman–Crippen LogP) is 2.41. The molecule has 22 heavy (non-hydrogen) atoms. The summed E-state index contributed by atoms with van der Waals surface area (Å²) in [7, 11) is 0. The molecule has 0 heterocycles. The fraction of sp³-hybridized carbons (Fsp3) is 0.235. The number of rotatable bonds is 7. The van der Waals surface area contributed by atoms with Gasteiger partial charge in [0.15, 0.2) is 5.78 Å². The van der Waals surface area contributed by atoms with E-state index in [1.165, 1.54) is 19.1 Å². The number of hydrogen-bond acceptors (Lipinski definition) is 5. The lowest BCUT2D eigenvalue weighted by molar-refractivity contribution is 0.0625. The van der Waals surface area contributed by atoms with Gasteiger partial charge in [-0.2, -0.15) is 0 Å². The number of hydrogen-bond donors (Lipinski definition) is 2. The summed E-state index contributed by atoms with van der Waals surface area (Å²) in [5.74, 6) is 0.687. The van der Waals surface area contributed by atoms with Gasteiger partial charge >= 0.3 is 0 Å². The molecule has 116 valence electrons. The summed E-state index contributed by atoms with van der Waals surface area (Å²) in [4.78, 5) is 11.2. The fourth-order valence-corrected chi connectivity index (χ4v) is 1.85. The van der Waals surface area contributed by atoms with Crippen LogP contribution in [0.25, 0.3) is 0 Å². The van der Waals surface area contributed by atoms with Crippen molar-refractivity contribution in [2.75, 3.05) is 13.2 Å². The number of carbonyl (C=O) groups is 1. The summed E-state index contributed by atoms with van der Waals surface area (Å²) < 4.78 is 10.8. The molecule has 1 unspecified atom stereocenters. The van der Waals surface area contributed by atoms with Crippen LogP contribution in [-0.4, -0.2) is 35.3 Å². The van der Waals surface area contributed by atoms with E-state index >= 15 is 0 Å². The highest BCUT2D eigenvalue weighted by Gasteiger charge is 2.10. The first-order valence-corrected chi connectivity index (χ1v) is 6.89. The molecule has 0 aliphatic heterocycles. The van der Waals surface area contributed by atoms with Crippen molar-refractivity contribution in [1.82, 2.24) is 0 Å². The van der Waals surface area contributed by atoms with E-state index in [4.69, 9.17) is 9.47 Å². The van der Waals surface area contributed by atoms with Crippen molar-refractivity contribution < 1.29 is 24.5 Å². The van der Waals surface area contributed by atoms with Crippen LogP contribution in [0.5, 0.6) is 17.2 Å². The number of ketones is 1. The molecule has 2 aromatic carbocycles. The Morgan fingerprint density at radius 3 is 2.27 bits per heavy atom. The molecule has 0 radical (unpaired) electrons. The Morgan fingerprint density at radius 2 is 1.68 bits per heavy atom. The van der Waals surface area contributed by atoms with Crippen molar-refractivity contribution >= 4 is 5.78 Å². The fourth-order valence-electron chi connectivity index (χ4n) is 1.85. The van der Waals surface area contributed by atoms with Gasteiger partial charge in [-0.3, -0.25) is 4.79 Å². The lowest BCUT2D eigenvalue weighted by Crippen LogP contribution is -2.25. The summed E-state index contributed by atoms with van der Waals surface area (Å²) in [6.45, 7) is 1.49. The number of aliphatic hydroxyl groups is 1. The van der Waals surface area contributed by atoms with Gasteiger partial charge in [-0.25, -0.2) is 0 Å². The Hall–Kier alpha value is -2.53. The van der Waals surface area contributed by atoms with Gasteiger partial charge in [0.25, 0.3) is 0 Å². The summed E-state index contributed by atoms with van der Waals surface area (Å²) in [6, 6.07) is 13.6. The van der Waals surface area contributed by atoms with E-state index in [9.17, 15) is 15.0 Å².